The zero-order valence-electron chi connectivity index (χ0n) is 17.4. The highest BCUT2D eigenvalue weighted by Gasteiger charge is 2.31. The number of hydrogen-bond acceptors (Lipinski definition) is 4. The molecule has 152 valence electrons. The number of hydrogen-bond donors (Lipinski definition) is 0. The summed E-state index contributed by atoms with van der Waals surface area (Å²) >= 11 is 0. The maximum absolute atomic E-state index is 14.4. The first kappa shape index (κ1) is 19.4. The molecule has 6 nitrogen and oxygen atoms in total. The number of aromatic nitrogens is 3. The number of halogens is 1. The quantitative estimate of drug-likeness (QED) is 0.643. The van der Waals surface area contributed by atoms with Gasteiger partial charge in [-0.3, -0.25) is 9.48 Å². The Bertz CT molecular complexity index is 1100. The molecule has 29 heavy (non-hydrogen) atoms. The number of fused-ring (bicyclic) bond motifs is 1. The summed E-state index contributed by atoms with van der Waals surface area (Å²) < 4.78 is 21.1. The van der Waals surface area contributed by atoms with Crippen LogP contribution in [0.4, 0.5) is 10.1 Å². The number of methoxy groups -OCH3 is 1. The van der Waals surface area contributed by atoms with Gasteiger partial charge in [-0.05, 0) is 51.8 Å². The van der Waals surface area contributed by atoms with E-state index in [2.05, 4.69) is 5.10 Å². The van der Waals surface area contributed by atoms with Crippen molar-refractivity contribution in [3.8, 4) is 5.75 Å². The lowest BCUT2D eigenvalue weighted by Gasteiger charge is -2.27. The van der Waals surface area contributed by atoms with Gasteiger partial charge in [-0.1, -0.05) is 0 Å². The Morgan fingerprint density at radius 2 is 2.03 bits per heavy atom. The van der Waals surface area contributed by atoms with Crippen molar-refractivity contribution < 1.29 is 13.9 Å². The third kappa shape index (κ3) is 3.34. The minimum Gasteiger partial charge on any atom is -0.494 e. The van der Waals surface area contributed by atoms with Crippen molar-refractivity contribution in [3.05, 3.63) is 47.0 Å². The molecule has 2 heterocycles. The Labute approximate surface area is 169 Å². The molecule has 4 rings (SSSR count). The summed E-state index contributed by atoms with van der Waals surface area (Å²) in [5.74, 6) is -0.142. The van der Waals surface area contributed by atoms with Crippen molar-refractivity contribution >= 4 is 22.6 Å². The zero-order valence-corrected chi connectivity index (χ0v) is 17.4. The lowest BCUT2D eigenvalue weighted by Crippen LogP contribution is -2.37. The summed E-state index contributed by atoms with van der Waals surface area (Å²) in [5, 5.41) is 5.23. The van der Waals surface area contributed by atoms with Crippen LogP contribution in [0.1, 0.15) is 54.4 Å². The molecule has 0 aliphatic heterocycles. The predicted molar refractivity (Wildman–Crippen MR) is 110 cm³/mol. The lowest BCUT2D eigenvalue weighted by molar-refractivity contribution is 0.0981. The molecule has 0 bridgehead atoms. The Morgan fingerprint density at radius 1 is 1.31 bits per heavy atom. The molecule has 0 atom stereocenters. The van der Waals surface area contributed by atoms with Gasteiger partial charge in [0.2, 0.25) is 0 Å². The molecule has 1 saturated carbocycles. The number of pyridine rings is 1. The molecular weight excluding hydrogens is 371 g/mol. The third-order valence-electron chi connectivity index (χ3n) is 5.36. The molecule has 0 saturated heterocycles. The van der Waals surface area contributed by atoms with E-state index in [0.29, 0.717) is 22.8 Å². The number of amides is 1. The summed E-state index contributed by atoms with van der Waals surface area (Å²) in [7, 11) is 3.26. The van der Waals surface area contributed by atoms with Crippen LogP contribution < -0.4 is 9.64 Å². The Morgan fingerprint density at radius 3 is 2.62 bits per heavy atom. The number of nitrogens with zero attached hydrogens (tertiary/aromatic N) is 4. The predicted octanol–water partition coefficient (Wildman–Crippen LogP) is 4.36. The molecule has 1 aliphatic rings. The van der Waals surface area contributed by atoms with Crippen LogP contribution in [0.25, 0.3) is 11.0 Å². The second-order valence-electron chi connectivity index (χ2n) is 7.86. The van der Waals surface area contributed by atoms with Crippen LogP contribution in [-0.2, 0) is 7.05 Å². The highest BCUT2D eigenvalue weighted by atomic mass is 19.1. The minimum absolute atomic E-state index is 0.148. The number of carbonyl (C=O) groups is 1. The van der Waals surface area contributed by atoms with Gasteiger partial charge in [0.1, 0.15) is 0 Å². The van der Waals surface area contributed by atoms with Crippen molar-refractivity contribution in [2.75, 3.05) is 12.0 Å². The standard InChI is InChI=1S/C22H25FN4O2/c1-12(2)27(15-8-9-19(29-5)17(23)10-15)22(28)16-11-18(14-6-7-14)24-21-20(16)13(3)25-26(21)4/h8-12,14H,6-7H2,1-5H3. The second kappa shape index (κ2) is 7.13. The van der Waals surface area contributed by atoms with E-state index in [1.54, 1.807) is 21.7 Å². The number of benzene rings is 1. The Hall–Kier alpha value is -2.96. The van der Waals surface area contributed by atoms with Crippen LogP contribution in [0.3, 0.4) is 0 Å². The SMILES string of the molecule is COc1ccc(N(C(=O)c2cc(C3CC3)nc3c2c(C)nn3C)C(C)C)cc1F. The molecule has 1 aromatic carbocycles. The fourth-order valence-corrected chi connectivity index (χ4v) is 3.81. The average molecular weight is 396 g/mol. The van der Waals surface area contributed by atoms with Crippen LogP contribution in [0.15, 0.2) is 24.3 Å². The van der Waals surface area contributed by atoms with Gasteiger partial charge >= 0.3 is 0 Å². The molecule has 1 fully saturated rings. The Balaban J connectivity index is 1.87. The van der Waals surface area contributed by atoms with Crippen molar-refractivity contribution in [3.63, 3.8) is 0 Å². The van der Waals surface area contributed by atoms with Crippen molar-refractivity contribution in [2.45, 2.75) is 45.6 Å². The summed E-state index contributed by atoms with van der Waals surface area (Å²) in [6.07, 6.45) is 2.17. The van der Waals surface area contributed by atoms with Crippen LogP contribution >= 0.6 is 0 Å². The number of ether oxygens (including phenoxy) is 1. The van der Waals surface area contributed by atoms with Crippen LogP contribution in [0.5, 0.6) is 5.75 Å². The summed E-state index contributed by atoms with van der Waals surface area (Å²) in [6, 6.07) is 6.32. The van der Waals surface area contributed by atoms with Gasteiger partial charge in [-0.15, -0.1) is 0 Å². The highest BCUT2D eigenvalue weighted by molar-refractivity contribution is 6.14. The van der Waals surface area contributed by atoms with Crippen LogP contribution in [0.2, 0.25) is 0 Å². The normalized spacial score (nSPS) is 13.9. The molecule has 0 radical (unpaired) electrons. The van der Waals surface area contributed by atoms with Gasteiger partial charge in [0, 0.05) is 36.5 Å². The molecule has 0 spiro atoms. The first-order valence-electron chi connectivity index (χ1n) is 9.83. The molecule has 2 aromatic heterocycles. The topological polar surface area (TPSA) is 60.2 Å². The van der Waals surface area contributed by atoms with Gasteiger partial charge in [0.25, 0.3) is 5.91 Å². The van der Waals surface area contributed by atoms with Crippen molar-refractivity contribution in [1.82, 2.24) is 14.8 Å². The lowest BCUT2D eigenvalue weighted by atomic mass is 10.0. The zero-order chi connectivity index (χ0) is 20.9. The maximum Gasteiger partial charge on any atom is 0.259 e. The number of rotatable bonds is 5. The van der Waals surface area contributed by atoms with Crippen molar-refractivity contribution in [2.24, 2.45) is 7.05 Å². The van der Waals surface area contributed by atoms with Crippen LogP contribution in [-0.4, -0.2) is 33.8 Å². The monoisotopic (exact) mass is 396 g/mol. The maximum atomic E-state index is 14.4. The van der Waals surface area contributed by atoms with E-state index in [0.717, 1.165) is 29.6 Å². The number of carbonyl (C=O) groups excluding carboxylic acids is 1. The molecule has 0 N–H and O–H groups in total. The number of anilines is 1. The van der Waals surface area contributed by atoms with E-state index >= 15 is 0 Å². The van der Waals surface area contributed by atoms with E-state index in [1.165, 1.54) is 13.2 Å². The molecule has 3 aromatic rings. The van der Waals surface area contributed by atoms with Crippen molar-refractivity contribution in [1.29, 1.82) is 0 Å². The van der Waals surface area contributed by atoms with Gasteiger partial charge < -0.3 is 9.64 Å². The first-order chi connectivity index (χ1) is 13.8. The van der Waals surface area contributed by atoms with E-state index in [9.17, 15) is 9.18 Å². The minimum atomic E-state index is -0.500. The highest BCUT2D eigenvalue weighted by Crippen LogP contribution is 2.41. The first-order valence-corrected chi connectivity index (χ1v) is 9.83. The van der Waals surface area contributed by atoms with Gasteiger partial charge in [0.05, 0.1) is 23.8 Å². The fourth-order valence-electron chi connectivity index (χ4n) is 3.81. The van der Waals surface area contributed by atoms with Crippen LogP contribution in [0, 0.1) is 12.7 Å². The third-order valence-corrected chi connectivity index (χ3v) is 5.36. The summed E-state index contributed by atoms with van der Waals surface area (Å²) in [6.45, 7) is 5.71. The number of aryl methyl sites for hydroxylation is 2. The van der Waals surface area contributed by atoms with E-state index < -0.39 is 5.82 Å². The smallest absolute Gasteiger partial charge is 0.259 e. The molecule has 0 unspecified atom stereocenters. The Kier molecular flexibility index (Phi) is 4.76. The van der Waals surface area contributed by atoms with E-state index in [4.69, 9.17) is 9.72 Å². The van der Waals surface area contributed by atoms with Gasteiger partial charge in [-0.2, -0.15) is 5.10 Å². The molecule has 7 heteroatoms. The summed E-state index contributed by atoms with van der Waals surface area (Å²) in [5.41, 5.74) is 3.44. The molecule has 1 aliphatic carbocycles. The molecule has 1 amide bonds. The molecular formula is C22H25FN4O2. The second-order valence-corrected chi connectivity index (χ2v) is 7.86. The van der Waals surface area contributed by atoms with E-state index in [1.807, 2.05) is 33.9 Å². The summed E-state index contributed by atoms with van der Waals surface area (Å²) in [4.78, 5) is 20.1. The average Bonchev–Trinajstić information content (AvgIpc) is 3.48. The van der Waals surface area contributed by atoms with E-state index in [-0.39, 0.29) is 17.7 Å². The van der Waals surface area contributed by atoms with Gasteiger partial charge in [-0.25, -0.2) is 9.37 Å². The van der Waals surface area contributed by atoms with Gasteiger partial charge in [0.15, 0.2) is 17.2 Å². The largest absolute Gasteiger partial charge is 0.494 e. The fraction of sp³-hybridized carbons (Fsp3) is 0.409.